The quantitative estimate of drug-likeness (QED) is 0.866. The Morgan fingerprint density at radius 3 is 2.38 bits per heavy atom. The Bertz CT molecular complexity index is 352. The normalized spacial score (nSPS) is 13.9. The summed E-state index contributed by atoms with van der Waals surface area (Å²) in [6, 6.07) is 6.39. The second-order valence-electron chi connectivity index (χ2n) is 5.29. The number of rotatable bonds is 3. The Morgan fingerprint density at radius 2 is 1.94 bits per heavy atom. The van der Waals surface area contributed by atoms with Crippen LogP contribution in [0.2, 0.25) is 0 Å². The molecule has 1 nitrogen and oxygen atoms in total. The Balaban J connectivity index is 3.00. The third-order valence-electron chi connectivity index (χ3n) is 2.82. The predicted molar refractivity (Wildman–Crippen MR) is 73.2 cm³/mol. The van der Waals surface area contributed by atoms with Crippen LogP contribution in [0, 0.1) is 6.92 Å². The minimum Gasteiger partial charge on any atom is -0.388 e. The molecule has 0 fully saturated rings. The van der Waals surface area contributed by atoms with Gasteiger partial charge in [0.15, 0.2) is 0 Å². The number of aliphatic hydroxyl groups excluding tert-OH is 1. The third-order valence-corrected chi connectivity index (χ3v) is 3.47. The van der Waals surface area contributed by atoms with Crippen molar-refractivity contribution in [2.24, 2.45) is 0 Å². The van der Waals surface area contributed by atoms with Gasteiger partial charge >= 0.3 is 0 Å². The molecule has 0 saturated heterocycles. The average molecular weight is 238 g/mol. The summed E-state index contributed by atoms with van der Waals surface area (Å²) in [6.45, 7) is 8.70. The predicted octanol–water partition coefficient (Wildman–Crippen LogP) is 3.69. The van der Waals surface area contributed by atoms with Gasteiger partial charge in [-0.1, -0.05) is 39.0 Å². The Labute approximate surface area is 103 Å². The molecule has 1 aromatic carbocycles. The molecule has 2 heteroatoms. The Morgan fingerprint density at radius 1 is 1.31 bits per heavy atom. The molecule has 1 aromatic rings. The van der Waals surface area contributed by atoms with Gasteiger partial charge in [-0.05, 0) is 35.3 Å². The lowest BCUT2D eigenvalue weighted by molar-refractivity contribution is 0.203. The van der Waals surface area contributed by atoms with Crippen molar-refractivity contribution in [3.8, 4) is 0 Å². The number of aryl methyl sites for hydroxylation is 1. The Kier molecular flexibility index (Phi) is 4.45. The highest BCUT2D eigenvalue weighted by Gasteiger charge is 2.16. The summed E-state index contributed by atoms with van der Waals surface area (Å²) in [5.74, 6) is 0.760. The molecule has 1 atom stereocenters. The number of aliphatic hydroxyl groups is 1. The lowest BCUT2D eigenvalue weighted by atomic mass is 9.85. The first-order valence-corrected chi connectivity index (χ1v) is 7.03. The first kappa shape index (κ1) is 13.6. The van der Waals surface area contributed by atoms with Crippen LogP contribution in [0.5, 0.6) is 0 Å². The molecule has 1 unspecified atom stereocenters. The number of hydrogen-bond acceptors (Lipinski definition) is 2. The van der Waals surface area contributed by atoms with E-state index >= 15 is 0 Å². The standard InChI is InChI=1S/C14H22OS/c1-10-8-11(14(2,3)4)6-7-12(10)13(15)9-16-5/h6-8,13,15H,9H2,1-5H3. The van der Waals surface area contributed by atoms with Crippen molar-refractivity contribution in [1.82, 2.24) is 0 Å². The van der Waals surface area contributed by atoms with E-state index in [2.05, 4.69) is 45.9 Å². The van der Waals surface area contributed by atoms with Crippen molar-refractivity contribution in [1.29, 1.82) is 0 Å². The van der Waals surface area contributed by atoms with Gasteiger partial charge in [-0.3, -0.25) is 0 Å². The molecule has 1 N–H and O–H groups in total. The van der Waals surface area contributed by atoms with E-state index in [9.17, 15) is 5.11 Å². The summed E-state index contributed by atoms with van der Waals surface area (Å²) in [5.41, 5.74) is 3.75. The van der Waals surface area contributed by atoms with Gasteiger partial charge in [0.05, 0.1) is 6.10 Å². The maximum absolute atomic E-state index is 9.97. The van der Waals surface area contributed by atoms with Crippen molar-refractivity contribution >= 4 is 11.8 Å². The summed E-state index contributed by atoms with van der Waals surface area (Å²) in [4.78, 5) is 0. The summed E-state index contributed by atoms with van der Waals surface area (Å²) in [7, 11) is 0. The lowest BCUT2D eigenvalue weighted by Gasteiger charge is -2.21. The first-order valence-electron chi connectivity index (χ1n) is 5.64. The van der Waals surface area contributed by atoms with Crippen molar-refractivity contribution < 1.29 is 5.11 Å². The minimum absolute atomic E-state index is 0.174. The van der Waals surface area contributed by atoms with Gasteiger partial charge in [0.2, 0.25) is 0 Å². The summed E-state index contributed by atoms with van der Waals surface area (Å²) in [6.07, 6.45) is 1.67. The van der Waals surface area contributed by atoms with Crippen LogP contribution in [-0.2, 0) is 5.41 Å². The van der Waals surface area contributed by atoms with Gasteiger partial charge < -0.3 is 5.11 Å². The molecule has 0 amide bonds. The van der Waals surface area contributed by atoms with Crippen LogP contribution in [0.15, 0.2) is 18.2 Å². The molecular weight excluding hydrogens is 216 g/mol. The van der Waals surface area contributed by atoms with Gasteiger partial charge in [-0.2, -0.15) is 11.8 Å². The van der Waals surface area contributed by atoms with E-state index in [1.807, 2.05) is 6.26 Å². The molecule has 0 aliphatic rings. The van der Waals surface area contributed by atoms with Gasteiger partial charge in [0.1, 0.15) is 0 Å². The monoisotopic (exact) mass is 238 g/mol. The highest BCUT2D eigenvalue weighted by atomic mass is 32.2. The number of benzene rings is 1. The lowest BCUT2D eigenvalue weighted by Crippen LogP contribution is -2.12. The highest BCUT2D eigenvalue weighted by Crippen LogP contribution is 2.27. The SMILES string of the molecule is CSCC(O)c1ccc(C(C)(C)C)cc1C. The number of hydrogen-bond donors (Lipinski definition) is 1. The molecule has 0 aliphatic heterocycles. The van der Waals surface area contributed by atoms with Crippen LogP contribution in [-0.4, -0.2) is 17.1 Å². The molecule has 0 bridgehead atoms. The van der Waals surface area contributed by atoms with E-state index in [0.29, 0.717) is 0 Å². The largest absolute Gasteiger partial charge is 0.388 e. The average Bonchev–Trinajstić information content (AvgIpc) is 2.16. The molecule has 16 heavy (non-hydrogen) atoms. The van der Waals surface area contributed by atoms with Crippen molar-refractivity contribution in [2.75, 3.05) is 12.0 Å². The first-order chi connectivity index (χ1) is 7.36. The fourth-order valence-electron chi connectivity index (χ4n) is 1.76. The van der Waals surface area contributed by atoms with Crippen LogP contribution in [0.4, 0.5) is 0 Å². The molecule has 90 valence electrons. The molecule has 0 saturated carbocycles. The number of thioether (sulfide) groups is 1. The van der Waals surface area contributed by atoms with Crippen molar-refractivity contribution in [3.63, 3.8) is 0 Å². The molecule has 0 radical (unpaired) electrons. The second kappa shape index (κ2) is 5.24. The maximum Gasteiger partial charge on any atom is 0.0882 e. The van der Waals surface area contributed by atoms with Gasteiger partial charge in [0.25, 0.3) is 0 Å². The Hall–Kier alpha value is -0.470. The van der Waals surface area contributed by atoms with Gasteiger partial charge in [0, 0.05) is 5.75 Å². The molecule has 0 spiro atoms. The third kappa shape index (κ3) is 3.26. The highest BCUT2D eigenvalue weighted by molar-refractivity contribution is 7.98. The topological polar surface area (TPSA) is 20.2 Å². The van der Waals surface area contributed by atoms with E-state index < -0.39 is 0 Å². The summed E-state index contributed by atoms with van der Waals surface area (Å²) >= 11 is 1.67. The van der Waals surface area contributed by atoms with Crippen LogP contribution in [0.1, 0.15) is 43.6 Å². The van der Waals surface area contributed by atoms with Gasteiger partial charge in [-0.25, -0.2) is 0 Å². The summed E-state index contributed by atoms with van der Waals surface area (Å²) in [5, 5.41) is 9.97. The van der Waals surface area contributed by atoms with Crippen LogP contribution >= 0.6 is 11.8 Å². The fourth-order valence-corrected chi connectivity index (χ4v) is 2.26. The molecular formula is C14H22OS. The van der Waals surface area contributed by atoms with Crippen molar-refractivity contribution in [3.05, 3.63) is 34.9 Å². The van der Waals surface area contributed by atoms with E-state index in [0.717, 1.165) is 11.3 Å². The molecule has 0 aliphatic carbocycles. The zero-order chi connectivity index (χ0) is 12.3. The zero-order valence-corrected chi connectivity index (χ0v) is 11.7. The van der Waals surface area contributed by atoms with E-state index in [-0.39, 0.29) is 11.5 Å². The van der Waals surface area contributed by atoms with Crippen molar-refractivity contribution in [2.45, 2.75) is 39.2 Å². The smallest absolute Gasteiger partial charge is 0.0882 e. The van der Waals surface area contributed by atoms with Crippen LogP contribution in [0.25, 0.3) is 0 Å². The summed E-state index contributed by atoms with van der Waals surface area (Å²) < 4.78 is 0. The second-order valence-corrected chi connectivity index (χ2v) is 6.20. The van der Waals surface area contributed by atoms with Gasteiger partial charge in [-0.15, -0.1) is 0 Å². The maximum atomic E-state index is 9.97. The molecule has 1 rings (SSSR count). The molecule has 0 aromatic heterocycles. The molecule has 0 heterocycles. The van der Waals surface area contributed by atoms with E-state index in [1.54, 1.807) is 11.8 Å². The van der Waals surface area contributed by atoms with Crippen LogP contribution < -0.4 is 0 Å². The van der Waals surface area contributed by atoms with Crippen LogP contribution in [0.3, 0.4) is 0 Å². The van der Waals surface area contributed by atoms with E-state index in [1.165, 1.54) is 11.1 Å². The fraction of sp³-hybridized carbons (Fsp3) is 0.571. The van der Waals surface area contributed by atoms with E-state index in [4.69, 9.17) is 0 Å². The minimum atomic E-state index is -0.344. The zero-order valence-electron chi connectivity index (χ0n) is 10.9.